The molecule has 124 valence electrons. The van der Waals surface area contributed by atoms with Crippen molar-refractivity contribution in [3.63, 3.8) is 0 Å². The number of nitrogens with two attached hydrogens (primary N) is 1. The molecule has 5 nitrogen and oxygen atoms in total. The highest BCUT2D eigenvalue weighted by Gasteiger charge is 2.40. The summed E-state index contributed by atoms with van der Waals surface area (Å²) in [6, 6.07) is 10.5. The second-order valence-electron chi connectivity index (χ2n) is 6.96. The lowest BCUT2D eigenvalue weighted by Gasteiger charge is -2.34. The molecule has 0 unspecified atom stereocenters. The average molecular weight is 321 g/mol. The number of aromatic nitrogens is 3. The fraction of sp³-hybridized carbons (Fsp3) is 0.368. The number of nitrogens with zero attached hydrogens (tertiary/aromatic N) is 3. The van der Waals surface area contributed by atoms with Gasteiger partial charge in [-0.25, -0.2) is 9.97 Å². The number of aryl methyl sites for hydroxylation is 1. The molecule has 1 fully saturated rings. The first-order chi connectivity index (χ1) is 11.5. The van der Waals surface area contributed by atoms with E-state index in [0.717, 1.165) is 37.4 Å². The highest BCUT2D eigenvalue weighted by molar-refractivity contribution is 5.79. The van der Waals surface area contributed by atoms with E-state index in [2.05, 4.69) is 51.0 Å². The molecule has 0 spiro atoms. The first-order valence-corrected chi connectivity index (χ1v) is 8.47. The van der Waals surface area contributed by atoms with E-state index < -0.39 is 0 Å². The predicted molar refractivity (Wildman–Crippen MR) is 96.5 cm³/mol. The maximum absolute atomic E-state index is 5.96. The van der Waals surface area contributed by atoms with Gasteiger partial charge in [-0.15, -0.1) is 0 Å². The molecule has 24 heavy (non-hydrogen) atoms. The second kappa shape index (κ2) is 5.60. The van der Waals surface area contributed by atoms with E-state index in [9.17, 15) is 0 Å². The van der Waals surface area contributed by atoms with Crippen molar-refractivity contribution in [2.45, 2.75) is 38.8 Å². The van der Waals surface area contributed by atoms with Gasteiger partial charge >= 0.3 is 0 Å². The number of rotatable bonds is 3. The van der Waals surface area contributed by atoms with E-state index in [-0.39, 0.29) is 5.54 Å². The summed E-state index contributed by atoms with van der Waals surface area (Å²) in [5.41, 5.74) is 9.22. The third-order valence-corrected chi connectivity index (χ3v) is 5.14. The Morgan fingerprint density at radius 1 is 1.25 bits per heavy atom. The molecule has 5 heteroatoms. The second-order valence-corrected chi connectivity index (χ2v) is 6.96. The highest BCUT2D eigenvalue weighted by atomic mass is 15.2. The highest BCUT2D eigenvalue weighted by Crippen LogP contribution is 2.38. The van der Waals surface area contributed by atoms with Crippen molar-refractivity contribution >= 4 is 16.7 Å². The molecule has 1 aliphatic heterocycles. The molecule has 1 aliphatic rings. The van der Waals surface area contributed by atoms with Gasteiger partial charge in [-0.1, -0.05) is 12.1 Å². The predicted octanol–water partition coefficient (Wildman–Crippen LogP) is 3.36. The van der Waals surface area contributed by atoms with Crippen LogP contribution in [0, 0.1) is 6.92 Å². The largest absolute Gasteiger partial charge is 0.384 e. The number of nitrogens with one attached hydrogen (secondary N) is 1. The number of hydrogen-bond acceptors (Lipinski definition) is 4. The van der Waals surface area contributed by atoms with E-state index in [1.807, 2.05) is 19.2 Å². The minimum atomic E-state index is -0.162. The van der Waals surface area contributed by atoms with E-state index in [1.165, 1.54) is 16.5 Å². The van der Waals surface area contributed by atoms with Gasteiger partial charge in [0.15, 0.2) is 5.82 Å². The summed E-state index contributed by atoms with van der Waals surface area (Å²) >= 11 is 0. The molecule has 0 amide bonds. The van der Waals surface area contributed by atoms with Crippen LogP contribution in [0.3, 0.4) is 0 Å². The molecule has 0 saturated carbocycles. The minimum Gasteiger partial charge on any atom is -0.384 e. The SMILES string of the molecule is Cc1cc(N)nc([C@@]2(C)CCCN2Cc2ccc3cc[nH]c3c2)n1. The Hall–Kier alpha value is -2.40. The fourth-order valence-corrected chi connectivity index (χ4v) is 3.77. The zero-order valence-electron chi connectivity index (χ0n) is 14.2. The maximum atomic E-state index is 5.96. The van der Waals surface area contributed by atoms with Gasteiger partial charge < -0.3 is 10.7 Å². The number of anilines is 1. The van der Waals surface area contributed by atoms with Crippen molar-refractivity contribution in [1.29, 1.82) is 0 Å². The Labute approximate surface area is 141 Å². The number of H-pyrrole nitrogens is 1. The molecule has 2 aromatic heterocycles. The molecule has 1 saturated heterocycles. The lowest BCUT2D eigenvalue weighted by atomic mass is 9.96. The van der Waals surface area contributed by atoms with Crippen molar-refractivity contribution < 1.29 is 0 Å². The molecule has 1 aromatic carbocycles. The van der Waals surface area contributed by atoms with Crippen molar-refractivity contribution in [1.82, 2.24) is 19.9 Å². The van der Waals surface area contributed by atoms with E-state index in [4.69, 9.17) is 5.73 Å². The number of benzene rings is 1. The van der Waals surface area contributed by atoms with Crippen LogP contribution in [0.4, 0.5) is 5.82 Å². The summed E-state index contributed by atoms with van der Waals surface area (Å²) in [6.45, 7) is 6.16. The first kappa shape index (κ1) is 15.1. The summed E-state index contributed by atoms with van der Waals surface area (Å²) in [5.74, 6) is 1.40. The van der Waals surface area contributed by atoms with Crippen LogP contribution in [-0.4, -0.2) is 26.4 Å². The van der Waals surface area contributed by atoms with Crippen LogP contribution in [0.5, 0.6) is 0 Å². The summed E-state index contributed by atoms with van der Waals surface area (Å²) in [5, 5.41) is 1.25. The number of likely N-dealkylation sites (tertiary alicyclic amines) is 1. The first-order valence-electron chi connectivity index (χ1n) is 8.47. The van der Waals surface area contributed by atoms with Crippen molar-refractivity contribution in [3.8, 4) is 0 Å². The van der Waals surface area contributed by atoms with Gasteiger partial charge in [0.25, 0.3) is 0 Å². The van der Waals surface area contributed by atoms with Crippen molar-refractivity contribution in [3.05, 3.63) is 53.6 Å². The zero-order chi connectivity index (χ0) is 16.7. The van der Waals surface area contributed by atoms with Crippen LogP contribution < -0.4 is 5.73 Å². The number of hydrogen-bond donors (Lipinski definition) is 2. The Morgan fingerprint density at radius 2 is 2.12 bits per heavy atom. The summed E-state index contributed by atoms with van der Waals surface area (Å²) in [4.78, 5) is 15.0. The van der Waals surface area contributed by atoms with Crippen LogP contribution in [-0.2, 0) is 12.1 Å². The molecule has 0 radical (unpaired) electrons. The van der Waals surface area contributed by atoms with Gasteiger partial charge in [0.1, 0.15) is 5.82 Å². The minimum absolute atomic E-state index is 0.162. The van der Waals surface area contributed by atoms with Crippen LogP contribution in [0.25, 0.3) is 10.9 Å². The van der Waals surface area contributed by atoms with Crippen molar-refractivity contribution in [2.24, 2.45) is 0 Å². The smallest absolute Gasteiger partial charge is 0.150 e. The summed E-state index contributed by atoms with van der Waals surface area (Å²) in [6.07, 6.45) is 4.19. The Kier molecular flexibility index (Phi) is 3.53. The molecule has 0 bridgehead atoms. The normalized spacial score (nSPS) is 21.6. The monoisotopic (exact) mass is 321 g/mol. The van der Waals surface area contributed by atoms with E-state index >= 15 is 0 Å². The van der Waals surface area contributed by atoms with Gasteiger partial charge in [0.2, 0.25) is 0 Å². The van der Waals surface area contributed by atoms with Gasteiger partial charge in [-0.05, 0) is 56.3 Å². The number of fused-ring (bicyclic) bond motifs is 1. The number of nitrogen functional groups attached to an aromatic ring is 1. The summed E-state index contributed by atoms with van der Waals surface area (Å²) < 4.78 is 0. The lowest BCUT2D eigenvalue weighted by Crippen LogP contribution is -2.39. The van der Waals surface area contributed by atoms with Gasteiger partial charge in [-0.2, -0.15) is 0 Å². The third-order valence-electron chi connectivity index (χ3n) is 5.14. The Morgan fingerprint density at radius 3 is 2.96 bits per heavy atom. The molecule has 1 atom stereocenters. The summed E-state index contributed by atoms with van der Waals surface area (Å²) in [7, 11) is 0. The maximum Gasteiger partial charge on any atom is 0.150 e. The number of aromatic amines is 1. The Balaban J connectivity index is 1.66. The standard InChI is InChI=1S/C19H23N5/c1-13-10-17(20)23-18(22-13)19(2)7-3-9-24(19)12-14-4-5-15-6-8-21-16(15)11-14/h4-6,8,10-11,21H,3,7,9,12H2,1-2H3,(H2,20,22,23)/t19-/m1/s1. The molecule has 3 N–H and O–H groups in total. The van der Waals surface area contributed by atoms with Gasteiger partial charge in [-0.3, -0.25) is 4.90 Å². The van der Waals surface area contributed by atoms with E-state index in [1.54, 1.807) is 0 Å². The van der Waals surface area contributed by atoms with Crippen LogP contribution >= 0.6 is 0 Å². The Bertz CT molecular complexity index is 864. The van der Waals surface area contributed by atoms with E-state index in [0.29, 0.717) is 5.82 Å². The quantitative estimate of drug-likeness (QED) is 0.776. The molecular weight excluding hydrogens is 298 g/mol. The van der Waals surface area contributed by atoms with Crippen molar-refractivity contribution in [2.75, 3.05) is 12.3 Å². The molecule has 3 heterocycles. The lowest BCUT2D eigenvalue weighted by molar-refractivity contribution is 0.138. The fourth-order valence-electron chi connectivity index (χ4n) is 3.77. The molecule has 3 aromatic rings. The third kappa shape index (κ3) is 2.55. The van der Waals surface area contributed by atoms with Crippen LogP contribution in [0.15, 0.2) is 36.5 Å². The van der Waals surface area contributed by atoms with Gasteiger partial charge in [0.05, 0.1) is 5.54 Å². The molecule has 4 rings (SSSR count). The molecule has 0 aliphatic carbocycles. The van der Waals surface area contributed by atoms with Crippen LogP contribution in [0.1, 0.15) is 36.8 Å². The molecular formula is C19H23N5. The van der Waals surface area contributed by atoms with Crippen LogP contribution in [0.2, 0.25) is 0 Å². The average Bonchev–Trinajstić information content (AvgIpc) is 3.14. The van der Waals surface area contributed by atoms with Gasteiger partial charge in [0, 0.05) is 30.0 Å². The topological polar surface area (TPSA) is 70.8 Å². The zero-order valence-corrected chi connectivity index (χ0v) is 14.2.